The summed E-state index contributed by atoms with van der Waals surface area (Å²) in [6, 6.07) is 3.95. The van der Waals surface area contributed by atoms with Gasteiger partial charge in [-0.25, -0.2) is 8.42 Å². The number of nitrogens with two attached hydrogens (primary N) is 1. The van der Waals surface area contributed by atoms with Crippen molar-refractivity contribution < 1.29 is 18.3 Å². The van der Waals surface area contributed by atoms with Gasteiger partial charge < -0.3 is 10.8 Å². The van der Waals surface area contributed by atoms with E-state index in [2.05, 4.69) is 4.72 Å². The van der Waals surface area contributed by atoms with E-state index in [9.17, 15) is 13.2 Å². The molecule has 0 aliphatic carbocycles. The van der Waals surface area contributed by atoms with Crippen molar-refractivity contribution in [3.8, 4) is 5.75 Å². The minimum atomic E-state index is -3.78. The Bertz CT molecular complexity index is 481. The third-order valence-corrected chi connectivity index (χ3v) is 3.46. The highest BCUT2D eigenvalue weighted by atomic mass is 32.2. The van der Waals surface area contributed by atoms with E-state index in [-0.39, 0.29) is 10.6 Å². The zero-order valence-electron chi connectivity index (χ0n) is 8.54. The van der Waals surface area contributed by atoms with Crippen LogP contribution in [0.1, 0.15) is 6.92 Å². The fourth-order valence-corrected chi connectivity index (χ4v) is 2.20. The van der Waals surface area contributed by atoms with Gasteiger partial charge in [0.25, 0.3) is 0 Å². The second-order valence-corrected chi connectivity index (χ2v) is 4.95. The SMILES string of the molecule is CC(NS(=O)(=O)c1ccc(O)cc1)C(N)=O. The molecule has 0 aliphatic rings. The Morgan fingerprint density at radius 1 is 1.38 bits per heavy atom. The second kappa shape index (κ2) is 4.50. The number of amides is 1. The average molecular weight is 244 g/mol. The van der Waals surface area contributed by atoms with Crippen LogP contribution in [0.2, 0.25) is 0 Å². The molecule has 1 rings (SSSR count). The van der Waals surface area contributed by atoms with Crippen LogP contribution in [0.15, 0.2) is 29.2 Å². The van der Waals surface area contributed by atoms with Crippen molar-refractivity contribution in [2.75, 3.05) is 0 Å². The molecule has 0 heterocycles. The molecule has 4 N–H and O–H groups in total. The molecule has 1 atom stereocenters. The van der Waals surface area contributed by atoms with E-state index in [1.165, 1.54) is 31.2 Å². The monoisotopic (exact) mass is 244 g/mol. The van der Waals surface area contributed by atoms with Crippen molar-refractivity contribution in [3.05, 3.63) is 24.3 Å². The van der Waals surface area contributed by atoms with Gasteiger partial charge in [-0.2, -0.15) is 4.72 Å². The lowest BCUT2D eigenvalue weighted by Gasteiger charge is -2.10. The van der Waals surface area contributed by atoms with Crippen molar-refractivity contribution in [1.29, 1.82) is 0 Å². The second-order valence-electron chi connectivity index (χ2n) is 3.24. The summed E-state index contributed by atoms with van der Waals surface area (Å²) in [4.78, 5) is 10.7. The van der Waals surface area contributed by atoms with Crippen LogP contribution < -0.4 is 10.5 Å². The number of carbonyl (C=O) groups excluding carboxylic acids is 1. The van der Waals surface area contributed by atoms with Crippen molar-refractivity contribution >= 4 is 15.9 Å². The molecule has 1 aromatic rings. The smallest absolute Gasteiger partial charge is 0.241 e. The molecule has 0 saturated heterocycles. The van der Waals surface area contributed by atoms with Gasteiger partial charge in [0.15, 0.2) is 0 Å². The number of rotatable bonds is 4. The Balaban J connectivity index is 2.94. The highest BCUT2D eigenvalue weighted by Crippen LogP contribution is 2.14. The Labute approximate surface area is 93.1 Å². The standard InChI is InChI=1S/C9H12N2O4S/c1-6(9(10)13)11-16(14,15)8-4-2-7(12)3-5-8/h2-6,11-12H,1H3,(H2,10,13). The Morgan fingerprint density at radius 2 is 1.88 bits per heavy atom. The van der Waals surface area contributed by atoms with Crippen molar-refractivity contribution in [2.24, 2.45) is 5.73 Å². The minimum absolute atomic E-state index is 0.0399. The molecule has 0 bridgehead atoms. The maximum absolute atomic E-state index is 11.7. The predicted molar refractivity (Wildman–Crippen MR) is 57.1 cm³/mol. The quantitative estimate of drug-likeness (QED) is 0.666. The third kappa shape index (κ3) is 2.94. The minimum Gasteiger partial charge on any atom is -0.508 e. The summed E-state index contributed by atoms with van der Waals surface area (Å²) in [5.41, 5.74) is 4.94. The van der Waals surface area contributed by atoms with Gasteiger partial charge in [-0.05, 0) is 31.2 Å². The molecule has 1 amide bonds. The van der Waals surface area contributed by atoms with Crippen LogP contribution in [-0.4, -0.2) is 25.5 Å². The molecule has 1 unspecified atom stereocenters. The maximum Gasteiger partial charge on any atom is 0.241 e. The van der Waals surface area contributed by atoms with Gasteiger partial charge in [0.1, 0.15) is 5.75 Å². The highest BCUT2D eigenvalue weighted by Gasteiger charge is 2.19. The van der Waals surface area contributed by atoms with E-state index in [0.717, 1.165) is 0 Å². The van der Waals surface area contributed by atoms with Gasteiger partial charge in [0.05, 0.1) is 10.9 Å². The van der Waals surface area contributed by atoms with E-state index >= 15 is 0 Å². The number of benzene rings is 1. The lowest BCUT2D eigenvalue weighted by atomic mass is 10.3. The molecule has 16 heavy (non-hydrogen) atoms. The van der Waals surface area contributed by atoms with Crippen LogP contribution in [0.5, 0.6) is 5.75 Å². The maximum atomic E-state index is 11.7. The van der Waals surface area contributed by atoms with Crippen LogP contribution in [-0.2, 0) is 14.8 Å². The summed E-state index contributed by atoms with van der Waals surface area (Å²) in [5, 5.41) is 9.00. The molecule has 0 aromatic heterocycles. The number of primary amides is 1. The highest BCUT2D eigenvalue weighted by molar-refractivity contribution is 7.89. The predicted octanol–water partition coefficient (Wildman–Crippen LogP) is -0.456. The van der Waals surface area contributed by atoms with E-state index < -0.39 is 22.0 Å². The zero-order chi connectivity index (χ0) is 12.3. The molecule has 6 nitrogen and oxygen atoms in total. The Morgan fingerprint density at radius 3 is 2.31 bits per heavy atom. The van der Waals surface area contributed by atoms with Crippen LogP contribution in [0.3, 0.4) is 0 Å². The van der Waals surface area contributed by atoms with Gasteiger partial charge in [-0.3, -0.25) is 4.79 Å². The zero-order valence-corrected chi connectivity index (χ0v) is 9.36. The first kappa shape index (κ1) is 12.5. The third-order valence-electron chi connectivity index (χ3n) is 1.91. The number of phenolic OH excluding ortho intramolecular Hbond substituents is 1. The fraction of sp³-hybridized carbons (Fsp3) is 0.222. The Hall–Kier alpha value is -1.60. The molecule has 88 valence electrons. The topological polar surface area (TPSA) is 109 Å². The molecule has 0 fully saturated rings. The molecule has 1 aromatic carbocycles. The van der Waals surface area contributed by atoms with Gasteiger partial charge in [-0.1, -0.05) is 0 Å². The first-order valence-electron chi connectivity index (χ1n) is 4.43. The Kier molecular flexibility index (Phi) is 3.51. The van der Waals surface area contributed by atoms with Crippen molar-refractivity contribution in [1.82, 2.24) is 4.72 Å². The summed E-state index contributed by atoms with van der Waals surface area (Å²) in [5.74, 6) is -0.802. The number of hydrogen-bond acceptors (Lipinski definition) is 4. The summed E-state index contributed by atoms with van der Waals surface area (Å²) < 4.78 is 25.4. The van der Waals surface area contributed by atoms with Crippen LogP contribution in [0.4, 0.5) is 0 Å². The largest absolute Gasteiger partial charge is 0.508 e. The summed E-state index contributed by atoms with van der Waals surface area (Å²) in [6.07, 6.45) is 0. The molecule has 0 spiro atoms. The van der Waals surface area contributed by atoms with Gasteiger partial charge in [0.2, 0.25) is 15.9 Å². The number of phenols is 1. The average Bonchev–Trinajstić information content (AvgIpc) is 2.17. The summed E-state index contributed by atoms with van der Waals surface area (Å²) in [6.45, 7) is 1.35. The molecule has 0 radical (unpaired) electrons. The van der Waals surface area contributed by atoms with Crippen LogP contribution in [0.25, 0.3) is 0 Å². The summed E-state index contributed by atoms with van der Waals surface area (Å²) in [7, 11) is -3.78. The van der Waals surface area contributed by atoms with Crippen LogP contribution >= 0.6 is 0 Å². The van der Waals surface area contributed by atoms with Gasteiger partial charge in [0, 0.05) is 0 Å². The fourth-order valence-electron chi connectivity index (χ4n) is 0.984. The number of aromatic hydroxyl groups is 1. The molecular weight excluding hydrogens is 232 g/mol. The van der Waals surface area contributed by atoms with Crippen molar-refractivity contribution in [2.45, 2.75) is 17.9 Å². The van der Waals surface area contributed by atoms with Crippen molar-refractivity contribution in [3.63, 3.8) is 0 Å². The number of hydrogen-bond donors (Lipinski definition) is 3. The normalized spacial score (nSPS) is 13.3. The molecule has 0 saturated carbocycles. The van der Waals surface area contributed by atoms with Crippen LogP contribution in [0, 0.1) is 0 Å². The molecular formula is C9H12N2O4S. The van der Waals surface area contributed by atoms with E-state index in [4.69, 9.17) is 10.8 Å². The first-order valence-corrected chi connectivity index (χ1v) is 5.92. The summed E-state index contributed by atoms with van der Waals surface area (Å²) >= 11 is 0. The number of sulfonamides is 1. The van der Waals surface area contributed by atoms with E-state index in [1.807, 2.05) is 0 Å². The van der Waals surface area contributed by atoms with Gasteiger partial charge >= 0.3 is 0 Å². The molecule has 0 aliphatic heterocycles. The lowest BCUT2D eigenvalue weighted by molar-refractivity contribution is -0.119. The molecule has 7 heteroatoms. The number of nitrogens with one attached hydrogen (secondary N) is 1. The van der Waals surface area contributed by atoms with Gasteiger partial charge in [-0.15, -0.1) is 0 Å². The van der Waals surface area contributed by atoms with E-state index in [1.54, 1.807) is 0 Å². The van der Waals surface area contributed by atoms with E-state index in [0.29, 0.717) is 0 Å². The first-order chi connectivity index (χ1) is 7.33. The lowest BCUT2D eigenvalue weighted by Crippen LogP contribution is -2.42. The number of carbonyl (C=O) groups is 1.